The second kappa shape index (κ2) is 9.09. The van der Waals surface area contributed by atoms with Gasteiger partial charge in [0, 0.05) is 43.9 Å². The standard InChI is InChI=1S/C23H27N3O3/c27-22(17-25-13-14-29-21-6-2-1-5-20(21)16-25)24-15-18-7-9-19(10-8-18)23(28)26-11-3-4-12-26/h1-2,5-10H,3-4,11-17H2,(H,24,27). The summed E-state index contributed by atoms with van der Waals surface area (Å²) in [7, 11) is 0. The van der Waals surface area contributed by atoms with E-state index in [0.29, 0.717) is 31.8 Å². The molecule has 0 radical (unpaired) electrons. The second-order valence-corrected chi connectivity index (χ2v) is 7.64. The van der Waals surface area contributed by atoms with Gasteiger partial charge in [0.1, 0.15) is 12.4 Å². The molecular weight excluding hydrogens is 366 g/mol. The third-order valence-corrected chi connectivity index (χ3v) is 5.48. The van der Waals surface area contributed by atoms with E-state index in [2.05, 4.69) is 10.2 Å². The number of hydrogen-bond acceptors (Lipinski definition) is 4. The van der Waals surface area contributed by atoms with Gasteiger partial charge in [-0.3, -0.25) is 14.5 Å². The molecule has 2 aliphatic rings. The molecule has 2 aromatic carbocycles. The summed E-state index contributed by atoms with van der Waals surface area (Å²) in [6.45, 7) is 4.50. The normalized spacial score (nSPS) is 16.6. The summed E-state index contributed by atoms with van der Waals surface area (Å²) in [6, 6.07) is 15.5. The molecule has 0 spiro atoms. The van der Waals surface area contributed by atoms with E-state index >= 15 is 0 Å². The molecule has 6 nitrogen and oxygen atoms in total. The average Bonchev–Trinajstić information content (AvgIpc) is 3.20. The Kier molecular flexibility index (Phi) is 6.10. The third kappa shape index (κ3) is 4.95. The zero-order valence-corrected chi connectivity index (χ0v) is 16.6. The van der Waals surface area contributed by atoms with E-state index < -0.39 is 0 Å². The second-order valence-electron chi connectivity index (χ2n) is 7.64. The summed E-state index contributed by atoms with van der Waals surface area (Å²) < 4.78 is 5.75. The highest BCUT2D eigenvalue weighted by molar-refractivity contribution is 5.94. The maximum Gasteiger partial charge on any atom is 0.253 e. The van der Waals surface area contributed by atoms with Crippen LogP contribution in [0.25, 0.3) is 0 Å². The van der Waals surface area contributed by atoms with Crippen molar-refractivity contribution >= 4 is 11.8 Å². The summed E-state index contributed by atoms with van der Waals surface area (Å²) in [6.07, 6.45) is 2.18. The Morgan fingerprint density at radius 3 is 2.52 bits per heavy atom. The van der Waals surface area contributed by atoms with Crippen molar-refractivity contribution in [2.24, 2.45) is 0 Å². The van der Waals surface area contributed by atoms with Crippen molar-refractivity contribution in [3.8, 4) is 5.75 Å². The average molecular weight is 393 g/mol. The predicted octanol–water partition coefficient (Wildman–Crippen LogP) is 2.43. The van der Waals surface area contributed by atoms with E-state index in [1.807, 2.05) is 53.4 Å². The number of amides is 2. The Bertz CT molecular complexity index is 860. The molecule has 0 aromatic heterocycles. The van der Waals surface area contributed by atoms with Crippen LogP contribution in [0.4, 0.5) is 0 Å². The van der Waals surface area contributed by atoms with Gasteiger partial charge in [0.15, 0.2) is 0 Å². The fourth-order valence-corrected chi connectivity index (χ4v) is 3.84. The van der Waals surface area contributed by atoms with Crippen LogP contribution in [0.2, 0.25) is 0 Å². The van der Waals surface area contributed by atoms with Gasteiger partial charge in [-0.25, -0.2) is 0 Å². The number of para-hydroxylation sites is 1. The van der Waals surface area contributed by atoms with Crippen LogP contribution in [0.5, 0.6) is 5.75 Å². The van der Waals surface area contributed by atoms with Gasteiger partial charge in [0.05, 0.1) is 6.54 Å². The quantitative estimate of drug-likeness (QED) is 0.848. The summed E-state index contributed by atoms with van der Waals surface area (Å²) in [5.41, 5.74) is 2.81. The molecule has 2 amide bonds. The first kappa shape index (κ1) is 19.5. The maximum absolute atomic E-state index is 12.4. The van der Waals surface area contributed by atoms with Crippen molar-refractivity contribution in [1.29, 1.82) is 0 Å². The summed E-state index contributed by atoms with van der Waals surface area (Å²) in [5.74, 6) is 0.988. The zero-order valence-electron chi connectivity index (χ0n) is 16.6. The minimum absolute atomic E-state index is 0.0124. The fourth-order valence-electron chi connectivity index (χ4n) is 3.84. The lowest BCUT2D eigenvalue weighted by molar-refractivity contribution is -0.122. The van der Waals surface area contributed by atoms with Crippen molar-refractivity contribution < 1.29 is 14.3 Å². The molecule has 29 heavy (non-hydrogen) atoms. The van der Waals surface area contributed by atoms with Crippen LogP contribution in [0.3, 0.4) is 0 Å². The van der Waals surface area contributed by atoms with Crippen LogP contribution >= 0.6 is 0 Å². The summed E-state index contributed by atoms with van der Waals surface area (Å²) >= 11 is 0. The van der Waals surface area contributed by atoms with Gasteiger partial charge in [-0.2, -0.15) is 0 Å². The van der Waals surface area contributed by atoms with Crippen molar-refractivity contribution in [1.82, 2.24) is 15.1 Å². The lowest BCUT2D eigenvalue weighted by Crippen LogP contribution is -2.37. The predicted molar refractivity (Wildman–Crippen MR) is 111 cm³/mol. The molecule has 152 valence electrons. The molecule has 6 heteroatoms. The Morgan fingerprint density at radius 2 is 1.72 bits per heavy atom. The van der Waals surface area contributed by atoms with E-state index in [1.54, 1.807) is 0 Å². The van der Waals surface area contributed by atoms with E-state index in [-0.39, 0.29) is 11.8 Å². The minimum Gasteiger partial charge on any atom is -0.492 e. The zero-order chi connectivity index (χ0) is 20.1. The lowest BCUT2D eigenvalue weighted by atomic mass is 10.1. The van der Waals surface area contributed by atoms with E-state index in [0.717, 1.165) is 49.4 Å². The van der Waals surface area contributed by atoms with Crippen molar-refractivity contribution in [3.63, 3.8) is 0 Å². The van der Waals surface area contributed by atoms with Crippen LogP contribution in [0, 0.1) is 0 Å². The maximum atomic E-state index is 12.4. The fraction of sp³-hybridized carbons (Fsp3) is 0.391. The third-order valence-electron chi connectivity index (χ3n) is 5.48. The molecule has 1 saturated heterocycles. The van der Waals surface area contributed by atoms with Crippen LogP contribution in [0.15, 0.2) is 48.5 Å². The molecule has 0 unspecified atom stereocenters. The highest BCUT2D eigenvalue weighted by Crippen LogP contribution is 2.22. The number of ether oxygens (including phenoxy) is 1. The molecular formula is C23H27N3O3. The molecule has 2 aliphatic heterocycles. The summed E-state index contributed by atoms with van der Waals surface area (Å²) in [4.78, 5) is 28.8. The van der Waals surface area contributed by atoms with Gasteiger partial charge in [-0.05, 0) is 36.6 Å². The Hall–Kier alpha value is -2.86. The monoisotopic (exact) mass is 393 g/mol. The molecule has 4 rings (SSSR count). The van der Waals surface area contributed by atoms with E-state index in [1.165, 1.54) is 0 Å². The topological polar surface area (TPSA) is 61.9 Å². The number of carbonyl (C=O) groups excluding carboxylic acids is 2. The van der Waals surface area contributed by atoms with Gasteiger partial charge < -0.3 is 15.0 Å². The van der Waals surface area contributed by atoms with Crippen LogP contribution in [0.1, 0.15) is 34.3 Å². The van der Waals surface area contributed by atoms with Gasteiger partial charge in [0.25, 0.3) is 5.91 Å². The van der Waals surface area contributed by atoms with Gasteiger partial charge in [0.2, 0.25) is 5.91 Å². The Morgan fingerprint density at radius 1 is 0.966 bits per heavy atom. The number of carbonyl (C=O) groups is 2. The first-order chi connectivity index (χ1) is 14.2. The number of hydrogen-bond donors (Lipinski definition) is 1. The van der Waals surface area contributed by atoms with Crippen LogP contribution in [-0.2, 0) is 17.9 Å². The summed E-state index contributed by atoms with van der Waals surface area (Å²) in [5, 5.41) is 2.98. The molecule has 0 aliphatic carbocycles. The van der Waals surface area contributed by atoms with Gasteiger partial charge >= 0.3 is 0 Å². The number of nitrogens with zero attached hydrogens (tertiary/aromatic N) is 2. The van der Waals surface area contributed by atoms with Crippen molar-refractivity contribution in [3.05, 3.63) is 65.2 Å². The minimum atomic E-state index is -0.0124. The van der Waals surface area contributed by atoms with Gasteiger partial charge in [-0.15, -0.1) is 0 Å². The van der Waals surface area contributed by atoms with E-state index in [4.69, 9.17) is 4.74 Å². The molecule has 0 atom stereocenters. The highest BCUT2D eigenvalue weighted by atomic mass is 16.5. The number of rotatable bonds is 5. The SMILES string of the molecule is O=C(CN1CCOc2ccccc2C1)NCc1ccc(C(=O)N2CCCC2)cc1. The number of fused-ring (bicyclic) bond motifs is 1. The van der Waals surface area contributed by atoms with Crippen molar-refractivity contribution in [2.45, 2.75) is 25.9 Å². The number of likely N-dealkylation sites (tertiary alicyclic amines) is 1. The number of nitrogens with one attached hydrogen (secondary N) is 1. The van der Waals surface area contributed by atoms with Gasteiger partial charge in [-0.1, -0.05) is 30.3 Å². The largest absolute Gasteiger partial charge is 0.492 e. The molecule has 2 aromatic rings. The Balaban J connectivity index is 1.27. The van der Waals surface area contributed by atoms with Crippen molar-refractivity contribution in [2.75, 3.05) is 32.8 Å². The first-order valence-corrected chi connectivity index (χ1v) is 10.3. The lowest BCUT2D eigenvalue weighted by Gasteiger charge is -2.19. The highest BCUT2D eigenvalue weighted by Gasteiger charge is 2.19. The molecule has 1 N–H and O–H groups in total. The molecule has 1 fully saturated rings. The smallest absolute Gasteiger partial charge is 0.253 e. The first-order valence-electron chi connectivity index (χ1n) is 10.3. The van der Waals surface area contributed by atoms with Crippen LogP contribution < -0.4 is 10.1 Å². The van der Waals surface area contributed by atoms with E-state index in [9.17, 15) is 9.59 Å². The molecule has 0 saturated carbocycles. The number of benzene rings is 2. The Labute approximate surface area is 171 Å². The van der Waals surface area contributed by atoms with Crippen LogP contribution in [-0.4, -0.2) is 54.4 Å². The molecule has 0 bridgehead atoms. The molecule has 2 heterocycles.